The third kappa shape index (κ3) is 2.64. The first-order valence-electron chi connectivity index (χ1n) is 10.3. The molecule has 158 valence electrons. The summed E-state index contributed by atoms with van der Waals surface area (Å²) in [6, 6.07) is 7.52. The van der Waals surface area contributed by atoms with Gasteiger partial charge in [0.15, 0.2) is 12.6 Å². The SMILES string of the molecule is O[C@@H]1C2OB(c3ccc(B4OC5C6CO[C@@H](O6)C(O4)[C@H]5O)cc3)OC1[C@H]1CO[C@H]2O1. The largest absolute Gasteiger partial charge is 0.494 e. The number of hydrogen-bond donors (Lipinski definition) is 2. The first kappa shape index (κ1) is 18.5. The Hall–Kier alpha value is -1.05. The topological polar surface area (TPSA) is 114 Å². The highest BCUT2D eigenvalue weighted by Crippen LogP contribution is 2.37. The quantitative estimate of drug-likeness (QED) is 0.479. The van der Waals surface area contributed by atoms with Crippen LogP contribution in [0.25, 0.3) is 0 Å². The Bertz CT molecular complexity index is 721. The minimum absolute atomic E-state index is 0.290. The minimum atomic E-state index is -0.776. The molecule has 6 saturated heterocycles. The van der Waals surface area contributed by atoms with Crippen LogP contribution in [0.1, 0.15) is 0 Å². The molecule has 0 amide bonds. The fraction of sp³-hybridized carbons (Fsp3) is 0.667. The second-order valence-electron chi connectivity index (χ2n) is 8.47. The lowest BCUT2D eigenvalue weighted by atomic mass is 9.71. The summed E-state index contributed by atoms with van der Waals surface area (Å²) in [5, 5.41) is 20.8. The average molecular weight is 418 g/mol. The van der Waals surface area contributed by atoms with E-state index in [1.54, 1.807) is 0 Å². The van der Waals surface area contributed by atoms with E-state index in [0.29, 0.717) is 13.2 Å². The maximum Gasteiger partial charge on any atom is 0.494 e. The highest BCUT2D eigenvalue weighted by atomic mass is 16.8. The van der Waals surface area contributed by atoms with E-state index in [1.165, 1.54) is 0 Å². The number of aliphatic hydroxyl groups excluding tert-OH is 2. The van der Waals surface area contributed by atoms with Crippen molar-refractivity contribution in [2.24, 2.45) is 0 Å². The van der Waals surface area contributed by atoms with Gasteiger partial charge < -0.3 is 47.8 Å². The van der Waals surface area contributed by atoms with Crippen molar-refractivity contribution in [1.29, 1.82) is 0 Å². The van der Waals surface area contributed by atoms with Crippen LogP contribution in [0.5, 0.6) is 0 Å². The Morgan fingerprint density at radius 2 is 1.03 bits per heavy atom. The van der Waals surface area contributed by atoms with Crippen molar-refractivity contribution >= 4 is 25.2 Å². The normalized spacial score (nSPS) is 48.9. The summed E-state index contributed by atoms with van der Waals surface area (Å²) in [5.74, 6) is 0. The standard InChI is InChI=1S/C18H20B2O10/c21-11-13-9-5-23-17(25-9)15(11)29-19(27-13)7-1-2-8(4-3-7)20-28-14-10-6-24-18(26-10)16(30-20)12(14)22/h1-4,9-18,21-22H,5-6H2/t9-,10?,11+,12+,13?,14?,15?,16?,17+,18+/m1/s1. The lowest BCUT2D eigenvalue weighted by molar-refractivity contribution is -0.243. The summed E-state index contributed by atoms with van der Waals surface area (Å²) < 4.78 is 46.3. The third-order valence-electron chi connectivity index (χ3n) is 6.69. The maximum absolute atomic E-state index is 10.4. The van der Waals surface area contributed by atoms with Crippen molar-refractivity contribution in [2.45, 2.75) is 61.4 Å². The third-order valence-corrected chi connectivity index (χ3v) is 6.69. The van der Waals surface area contributed by atoms with Gasteiger partial charge in [0.1, 0.15) is 48.8 Å². The Morgan fingerprint density at radius 1 is 0.633 bits per heavy atom. The average Bonchev–Trinajstić information content (AvgIpc) is 3.40. The summed E-state index contributed by atoms with van der Waals surface area (Å²) in [4.78, 5) is 0. The Kier molecular flexibility index (Phi) is 4.15. The number of hydrogen-bond acceptors (Lipinski definition) is 10. The molecule has 2 N–H and O–H groups in total. The van der Waals surface area contributed by atoms with Crippen molar-refractivity contribution in [3.05, 3.63) is 24.3 Å². The van der Waals surface area contributed by atoms with Crippen LogP contribution in [0.3, 0.4) is 0 Å². The first-order valence-corrected chi connectivity index (χ1v) is 10.3. The first-order chi connectivity index (χ1) is 14.7. The Labute approximate surface area is 172 Å². The molecule has 1 aromatic carbocycles. The van der Waals surface area contributed by atoms with Gasteiger partial charge in [-0.1, -0.05) is 24.3 Å². The number of aliphatic hydroxyl groups is 2. The van der Waals surface area contributed by atoms with Gasteiger partial charge in [-0.25, -0.2) is 0 Å². The van der Waals surface area contributed by atoms with Gasteiger partial charge in [-0.3, -0.25) is 0 Å². The molecule has 0 aromatic heterocycles. The molecule has 7 rings (SSSR count). The van der Waals surface area contributed by atoms with Crippen LogP contribution in [-0.2, 0) is 37.6 Å². The summed E-state index contributed by atoms with van der Waals surface area (Å²) in [5.41, 5.74) is 1.62. The second-order valence-corrected chi connectivity index (χ2v) is 8.47. The second kappa shape index (κ2) is 6.72. The Balaban J connectivity index is 1.10. The predicted octanol–water partition coefficient (Wildman–Crippen LogP) is -3.12. The van der Waals surface area contributed by atoms with Crippen molar-refractivity contribution in [3.8, 4) is 0 Å². The molecule has 8 bridgehead atoms. The molecule has 1 aromatic rings. The van der Waals surface area contributed by atoms with Crippen LogP contribution in [0.15, 0.2) is 24.3 Å². The maximum atomic E-state index is 10.4. The monoisotopic (exact) mass is 418 g/mol. The van der Waals surface area contributed by atoms with Gasteiger partial charge in [0.25, 0.3) is 0 Å². The van der Waals surface area contributed by atoms with E-state index < -0.39 is 63.4 Å². The molecule has 30 heavy (non-hydrogen) atoms. The van der Waals surface area contributed by atoms with Crippen LogP contribution in [-0.4, -0.2) is 99.1 Å². The Morgan fingerprint density at radius 3 is 1.47 bits per heavy atom. The number of benzene rings is 1. The van der Waals surface area contributed by atoms with Crippen LogP contribution in [0.2, 0.25) is 0 Å². The molecule has 0 aliphatic carbocycles. The van der Waals surface area contributed by atoms with E-state index in [4.69, 9.17) is 37.6 Å². The van der Waals surface area contributed by atoms with Crippen LogP contribution in [0.4, 0.5) is 0 Å². The highest BCUT2D eigenvalue weighted by molar-refractivity contribution is 6.63. The molecule has 0 spiro atoms. The van der Waals surface area contributed by atoms with Crippen LogP contribution in [0, 0.1) is 0 Å². The van der Waals surface area contributed by atoms with Crippen LogP contribution >= 0.6 is 0 Å². The van der Waals surface area contributed by atoms with Gasteiger partial charge in [-0.05, 0) is 10.9 Å². The summed E-state index contributed by atoms with van der Waals surface area (Å²) in [6.07, 6.45) is -5.43. The number of fused-ring (bicyclic) bond motifs is 12. The predicted molar refractivity (Wildman–Crippen MR) is 97.9 cm³/mol. The zero-order valence-corrected chi connectivity index (χ0v) is 15.8. The molecule has 6 heterocycles. The molecular formula is C18H20B2O10. The zero-order valence-electron chi connectivity index (χ0n) is 15.8. The van der Waals surface area contributed by atoms with Gasteiger partial charge in [0.2, 0.25) is 0 Å². The molecular weight excluding hydrogens is 398 g/mol. The van der Waals surface area contributed by atoms with Crippen molar-refractivity contribution < 1.29 is 47.8 Å². The van der Waals surface area contributed by atoms with Gasteiger partial charge in [0, 0.05) is 0 Å². The molecule has 0 saturated carbocycles. The van der Waals surface area contributed by atoms with Crippen molar-refractivity contribution in [3.63, 3.8) is 0 Å². The van der Waals surface area contributed by atoms with Gasteiger partial charge in [-0.2, -0.15) is 0 Å². The van der Waals surface area contributed by atoms with Crippen molar-refractivity contribution in [1.82, 2.24) is 0 Å². The lowest BCUT2D eigenvalue weighted by Crippen LogP contribution is -2.66. The number of ether oxygens (including phenoxy) is 4. The molecule has 6 fully saturated rings. The van der Waals surface area contributed by atoms with E-state index in [2.05, 4.69) is 0 Å². The molecule has 6 aliphatic rings. The molecule has 10 atom stereocenters. The van der Waals surface area contributed by atoms with Gasteiger partial charge >= 0.3 is 14.2 Å². The summed E-state index contributed by atoms with van der Waals surface area (Å²) in [6.45, 7) is 0.774. The van der Waals surface area contributed by atoms with E-state index in [0.717, 1.165) is 10.9 Å². The smallest absolute Gasteiger partial charge is 0.399 e. The van der Waals surface area contributed by atoms with E-state index in [1.807, 2.05) is 24.3 Å². The van der Waals surface area contributed by atoms with Gasteiger partial charge in [0.05, 0.1) is 13.2 Å². The highest BCUT2D eigenvalue weighted by Gasteiger charge is 2.58. The van der Waals surface area contributed by atoms with E-state index in [-0.39, 0.29) is 12.2 Å². The minimum Gasteiger partial charge on any atom is -0.399 e. The molecule has 10 nitrogen and oxygen atoms in total. The van der Waals surface area contributed by atoms with E-state index >= 15 is 0 Å². The molecule has 6 aliphatic heterocycles. The summed E-state index contributed by atoms with van der Waals surface area (Å²) in [7, 11) is -1.25. The van der Waals surface area contributed by atoms with E-state index in [9.17, 15) is 10.2 Å². The lowest BCUT2D eigenvalue weighted by Gasteiger charge is -2.45. The molecule has 12 heteroatoms. The van der Waals surface area contributed by atoms with Gasteiger partial charge in [-0.15, -0.1) is 0 Å². The fourth-order valence-electron chi connectivity index (χ4n) is 5.09. The zero-order chi connectivity index (χ0) is 20.0. The van der Waals surface area contributed by atoms with Crippen LogP contribution < -0.4 is 10.9 Å². The fourth-order valence-corrected chi connectivity index (χ4v) is 5.09. The molecule has 5 unspecified atom stereocenters. The molecule has 0 radical (unpaired) electrons. The van der Waals surface area contributed by atoms with Crippen molar-refractivity contribution in [2.75, 3.05) is 13.2 Å². The summed E-state index contributed by atoms with van der Waals surface area (Å²) >= 11 is 0. The number of rotatable bonds is 2.